The van der Waals surface area contributed by atoms with Gasteiger partial charge in [0.15, 0.2) is 5.69 Å². The summed E-state index contributed by atoms with van der Waals surface area (Å²) in [6, 6.07) is 7.83. The Morgan fingerprint density at radius 3 is 3.00 bits per heavy atom. The molecule has 5 heteroatoms. The summed E-state index contributed by atoms with van der Waals surface area (Å²) in [6.45, 7) is 3.38. The summed E-state index contributed by atoms with van der Waals surface area (Å²) in [5.41, 5.74) is 2.08. The first-order chi connectivity index (χ1) is 9.20. The summed E-state index contributed by atoms with van der Waals surface area (Å²) >= 11 is 1.34. The summed E-state index contributed by atoms with van der Waals surface area (Å²) in [5, 5.41) is 11.1. The highest BCUT2D eigenvalue weighted by atomic mass is 32.1. The molecule has 0 amide bonds. The Morgan fingerprint density at radius 1 is 1.47 bits per heavy atom. The van der Waals surface area contributed by atoms with Crippen LogP contribution in [0.1, 0.15) is 29.4 Å². The quantitative estimate of drug-likeness (QED) is 0.822. The number of thiazole rings is 1. The van der Waals surface area contributed by atoms with Gasteiger partial charge in [0.25, 0.3) is 0 Å². The van der Waals surface area contributed by atoms with Crippen molar-refractivity contribution in [2.75, 3.05) is 6.61 Å². The SMILES string of the molecule is CCCOCc1cccc(-c2nc(C(=O)O)cs2)c1. The van der Waals surface area contributed by atoms with Crippen molar-refractivity contribution in [2.45, 2.75) is 20.0 Å². The Bertz CT molecular complexity index is 565. The molecule has 19 heavy (non-hydrogen) atoms. The van der Waals surface area contributed by atoms with E-state index in [2.05, 4.69) is 11.9 Å². The number of carboxylic acids is 1. The van der Waals surface area contributed by atoms with Crippen LogP contribution in [0.25, 0.3) is 10.6 Å². The number of hydrogen-bond donors (Lipinski definition) is 1. The van der Waals surface area contributed by atoms with Gasteiger partial charge < -0.3 is 9.84 Å². The topological polar surface area (TPSA) is 59.4 Å². The Labute approximate surface area is 115 Å². The molecule has 0 saturated heterocycles. The van der Waals surface area contributed by atoms with Gasteiger partial charge in [0, 0.05) is 17.6 Å². The lowest BCUT2D eigenvalue weighted by Gasteiger charge is -2.04. The van der Waals surface area contributed by atoms with Crippen molar-refractivity contribution in [1.82, 2.24) is 4.98 Å². The number of rotatable bonds is 6. The number of aromatic nitrogens is 1. The monoisotopic (exact) mass is 277 g/mol. The molecule has 1 aromatic carbocycles. The number of carbonyl (C=O) groups is 1. The lowest BCUT2D eigenvalue weighted by atomic mass is 10.1. The van der Waals surface area contributed by atoms with Gasteiger partial charge in [0.1, 0.15) is 5.01 Å². The molecule has 0 spiro atoms. The molecule has 0 atom stereocenters. The molecule has 1 heterocycles. The molecule has 0 aliphatic carbocycles. The third-order valence-electron chi connectivity index (χ3n) is 2.51. The first-order valence-electron chi connectivity index (χ1n) is 6.06. The van der Waals surface area contributed by atoms with E-state index in [-0.39, 0.29) is 5.69 Å². The van der Waals surface area contributed by atoms with Crippen LogP contribution in [-0.2, 0) is 11.3 Å². The number of benzene rings is 1. The van der Waals surface area contributed by atoms with Gasteiger partial charge in [0.05, 0.1) is 6.61 Å². The zero-order valence-corrected chi connectivity index (χ0v) is 11.4. The molecule has 0 aliphatic rings. The minimum absolute atomic E-state index is 0.0904. The van der Waals surface area contributed by atoms with Crippen molar-refractivity contribution in [3.8, 4) is 10.6 Å². The van der Waals surface area contributed by atoms with E-state index in [1.807, 2.05) is 24.3 Å². The highest BCUT2D eigenvalue weighted by Gasteiger charge is 2.10. The van der Waals surface area contributed by atoms with Crippen LogP contribution < -0.4 is 0 Å². The van der Waals surface area contributed by atoms with E-state index < -0.39 is 5.97 Å². The fraction of sp³-hybridized carbons (Fsp3) is 0.286. The highest BCUT2D eigenvalue weighted by Crippen LogP contribution is 2.24. The van der Waals surface area contributed by atoms with Crippen molar-refractivity contribution in [2.24, 2.45) is 0 Å². The van der Waals surface area contributed by atoms with Crippen molar-refractivity contribution in [1.29, 1.82) is 0 Å². The number of carboxylic acid groups (broad SMARTS) is 1. The van der Waals surface area contributed by atoms with Gasteiger partial charge in [-0.05, 0) is 18.1 Å². The van der Waals surface area contributed by atoms with Gasteiger partial charge in [-0.15, -0.1) is 11.3 Å². The normalized spacial score (nSPS) is 10.6. The molecule has 1 aromatic heterocycles. The van der Waals surface area contributed by atoms with Crippen molar-refractivity contribution >= 4 is 17.3 Å². The van der Waals surface area contributed by atoms with E-state index in [4.69, 9.17) is 9.84 Å². The molecule has 0 aliphatic heterocycles. The molecule has 0 fully saturated rings. The second kappa shape index (κ2) is 6.45. The number of nitrogens with zero attached hydrogens (tertiary/aromatic N) is 1. The van der Waals surface area contributed by atoms with Gasteiger partial charge in [-0.25, -0.2) is 9.78 Å². The maximum atomic E-state index is 10.8. The average Bonchev–Trinajstić information content (AvgIpc) is 2.89. The van der Waals surface area contributed by atoms with Crippen LogP contribution in [0.2, 0.25) is 0 Å². The molecular formula is C14H15NO3S. The highest BCUT2D eigenvalue weighted by molar-refractivity contribution is 7.13. The van der Waals surface area contributed by atoms with E-state index in [1.165, 1.54) is 11.3 Å². The van der Waals surface area contributed by atoms with Crippen molar-refractivity contribution in [3.63, 3.8) is 0 Å². The summed E-state index contributed by atoms with van der Waals surface area (Å²) in [6.07, 6.45) is 0.994. The van der Waals surface area contributed by atoms with Gasteiger partial charge in [-0.1, -0.05) is 25.1 Å². The smallest absolute Gasteiger partial charge is 0.355 e. The molecule has 2 rings (SSSR count). The van der Waals surface area contributed by atoms with Gasteiger partial charge in [-0.3, -0.25) is 0 Å². The first-order valence-corrected chi connectivity index (χ1v) is 6.94. The molecule has 2 aromatic rings. The molecular weight excluding hydrogens is 262 g/mol. The van der Waals surface area contributed by atoms with Crippen LogP contribution >= 0.6 is 11.3 Å². The third-order valence-corrected chi connectivity index (χ3v) is 3.41. The minimum Gasteiger partial charge on any atom is -0.476 e. The van der Waals surface area contributed by atoms with Crippen molar-refractivity contribution in [3.05, 3.63) is 40.9 Å². The maximum Gasteiger partial charge on any atom is 0.355 e. The Kier molecular flexibility index (Phi) is 4.65. The van der Waals surface area contributed by atoms with Crippen LogP contribution in [0, 0.1) is 0 Å². The zero-order valence-electron chi connectivity index (χ0n) is 10.6. The summed E-state index contributed by atoms with van der Waals surface area (Å²) in [4.78, 5) is 14.9. The lowest BCUT2D eigenvalue weighted by molar-refractivity contribution is 0.0691. The predicted octanol–water partition coefficient (Wildman–Crippen LogP) is 3.43. The standard InChI is InChI=1S/C14H15NO3S/c1-2-6-18-8-10-4-3-5-11(7-10)13-15-12(9-19-13)14(16)17/h3-5,7,9H,2,6,8H2,1H3,(H,16,17). The second-order valence-electron chi connectivity index (χ2n) is 4.10. The first kappa shape index (κ1) is 13.7. The van der Waals surface area contributed by atoms with E-state index in [0.29, 0.717) is 6.61 Å². The van der Waals surface area contributed by atoms with Crippen LogP contribution in [0.4, 0.5) is 0 Å². The molecule has 100 valence electrons. The van der Waals surface area contributed by atoms with Gasteiger partial charge >= 0.3 is 5.97 Å². The van der Waals surface area contributed by atoms with Crippen molar-refractivity contribution < 1.29 is 14.6 Å². The molecule has 4 nitrogen and oxygen atoms in total. The van der Waals surface area contributed by atoms with Gasteiger partial charge in [-0.2, -0.15) is 0 Å². The van der Waals surface area contributed by atoms with E-state index >= 15 is 0 Å². The molecule has 0 bridgehead atoms. The Balaban J connectivity index is 2.15. The van der Waals surface area contributed by atoms with Crippen LogP contribution in [0.5, 0.6) is 0 Å². The summed E-state index contributed by atoms with van der Waals surface area (Å²) in [5.74, 6) is -0.995. The van der Waals surface area contributed by atoms with Crippen LogP contribution in [0.15, 0.2) is 29.6 Å². The Hall–Kier alpha value is -1.72. The third kappa shape index (κ3) is 3.62. The second-order valence-corrected chi connectivity index (χ2v) is 4.95. The Morgan fingerprint density at radius 2 is 2.32 bits per heavy atom. The summed E-state index contributed by atoms with van der Waals surface area (Å²) in [7, 11) is 0. The lowest BCUT2D eigenvalue weighted by Crippen LogP contribution is -1.96. The van der Waals surface area contributed by atoms with E-state index in [0.717, 1.165) is 29.2 Å². The molecule has 1 N–H and O–H groups in total. The van der Waals surface area contributed by atoms with Crippen LogP contribution in [-0.4, -0.2) is 22.7 Å². The maximum absolute atomic E-state index is 10.8. The average molecular weight is 277 g/mol. The molecule has 0 unspecified atom stereocenters. The molecule has 0 saturated carbocycles. The zero-order chi connectivity index (χ0) is 13.7. The number of ether oxygens (including phenoxy) is 1. The number of aromatic carboxylic acids is 1. The fourth-order valence-corrected chi connectivity index (χ4v) is 2.42. The predicted molar refractivity (Wildman–Crippen MR) is 74.5 cm³/mol. The van der Waals surface area contributed by atoms with E-state index in [1.54, 1.807) is 5.38 Å². The minimum atomic E-state index is -0.995. The molecule has 0 radical (unpaired) electrons. The fourth-order valence-electron chi connectivity index (χ4n) is 1.63. The largest absolute Gasteiger partial charge is 0.476 e. The van der Waals surface area contributed by atoms with Crippen LogP contribution in [0.3, 0.4) is 0 Å². The van der Waals surface area contributed by atoms with Gasteiger partial charge in [0.2, 0.25) is 0 Å². The summed E-state index contributed by atoms with van der Waals surface area (Å²) < 4.78 is 5.49. The van der Waals surface area contributed by atoms with E-state index in [9.17, 15) is 4.79 Å². The number of hydrogen-bond acceptors (Lipinski definition) is 4.